The molecule has 1 aliphatic carbocycles. The summed E-state index contributed by atoms with van der Waals surface area (Å²) >= 11 is 0. The maximum absolute atomic E-state index is 12.6. The summed E-state index contributed by atoms with van der Waals surface area (Å²) in [5.74, 6) is 2.24. The maximum atomic E-state index is 12.6. The Balaban J connectivity index is 2.02. The predicted molar refractivity (Wildman–Crippen MR) is 82.4 cm³/mol. The zero-order valence-electron chi connectivity index (χ0n) is 12.9. The molecular formula is C18H26O2. The van der Waals surface area contributed by atoms with Gasteiger partial charge in [0.15, 0.2) is 5.78 Å². The highest BCUT2D eigenvalue weighted by atomic mass is 16.5. The van der Waals surface area contributed by atoms with Crippen LogP contribution < -0.4 is 4.74 Å². The Labute approximate surface area is 122 Å². The van der Waals surface area contributed by atoms with Crippen molar-refractivity contribution in [2.45, 2.75) is 52.4 Å². The first-order valence-electron chi connectivity index (χ1n) is 7.84. The number of hydrogen-bond acceptors (Lipinski definition) is 2. The highest BCUT2D eigenvalue weighted by Crippen LogP contribution is 2.34. The first kappa shape index (κ1) is 15.1. The van der Waals surface area contributed by atoms with Crippen LogP contribution in [0.15, 0.2) is 18.2 Å². The number of ether oxygens (including phenoxy) is 1. The first-order valence-corrected chi connectivity index (χ1v) is 7.84. The summed E-state index contributed by atoms with van der Waals surface area (Å²) in [5, 5.41) is 0. The van der Waals surface area contributed by atoms with E-state index in [1.165, 1.54) is 25.7 Å². The molecule has 1 fully saturated rings. The Kier molecular flexibility index (Phi) is 5.22. The molecule has 0 bridgehead atoms. The fraction of sp³-hybridized carbons (Fsp3) is 0.611. The Bertz CT molecular complexity index is 456. The predicted octanol–water partition coefficient (Wildman–Crippen LogP) is 4.79. The summed E-state index contributed by atoms with van der Waals surface area (Å²) in [4.78, 5) is 12.6. The number of methoxy groups -OCH3 is 1. The Morgan fingerprint density at radius 3 is 2.50 bits per heavy atom. The fourth-order valence-corrected chi connectivity index (χ4v) is 3.38. The minimum Gasteiger partial charge on any atom is -0.497 e. The van der Waals surface area contributed by atoms with Gasteiger partial charge in [-0.05, 0) is 62.3 Å². The number of rotatable bonds is 5. The van der Waals surface area contributed by atoms with Crippen molar-refractivity contribution < 1.29 is 9.53 Å². The van der Waals surface area contributed by atoms with Gasteiger partial charge in [-0.1, -0.05) is 19.8 Å². The van der Waals surface area contributed by atoms with Gasteiger partial charge >= 0.3 is 0 Å². The number of carbonyl (C=O) groups excluding carboxylic acids is 1. The SMILES string of the molecule is CCCC1CCC(C(=O)c2ccc(OC)cc2C)CC1. The van der Waals surface area contributed by atoms with E-state index in [4.69, 9.17) is 4.74 Å². The third-order valence-corrected chi connectivity index (χ3v) is 4.61. The Hall–Kier alpha value is -1.31. The van der Waals surface area contributed by atoms with Crippen molar-refractivity contribution in [3.63, 3.8) is 0 Å². The lowest BCUT2D eigenvalue weighted by atomic mass is 9.77. The van der Waals surface area contributed by atoms with Crippen LogP contribution in [0.4, 0.5) is 0 Å². The van der Waals surface area contributed by atoms with E-state index in [0.29, 0.717) is 5.78 Å². The molecule has 2 rings (SSSR count). The molecular weight excluding hydrogens is 248 g/mol. The van der Waals surface area contributed by atoms with Crippen molar-refractivity contribution in [3.8, 4) is 5.75 Å². The van der Waals surface area contributed by atoms with E-state index in [1.54, 1.807) is 7.11 Å². The van der Waals surface area contributed by atoms with Gasteiger partial charge in [0.2, 0.25) is 0 Å². The second kappa shape index (κ2) is 6.92. The summed E-state index contributed by atoms with van der Waals surface area (Å²) in [5.41, 5.74) is 1.91. The normalized spacial score (nSPS) is 22.6. The summed E-state index contributed by atoms with van der Waals surface area (Å²) in [6.45, 7) is 4.25. The maximum Gasteiger partial charge on any atom is 0.166 e. The number of ketones is 1. The smallest absolute Gasteiger partial charge is 0.166 e. The third kappa shape index (κ3) is 3.41. The number of aryl methyl sites for hydroxylation is 1. The molecule has 0 aliphatic heterocycles. The van der Waals surface area contributed by atoms with Crippen LogP contribution in [0.5, 0.6) is 5.75 Å². The summed E-state index contributed by atoms with van der Waals surface area (Å²) in [7, 11) is 1.66. The van der Waals surface area contributed by atoms with Crippen LogP contribution in [0.25, 0.3) is 0 Å². The van der Waals surface area contributed by atoms with Crippen LogP contribution in [0.2, 0.25) is 0 Å². The van der Waals surface area contributed by atoms with Crippen molar-refractivity contribution >= 4 is 5.78 Å². The van der Waals surface area contributed by atoms with Gasteiger partial charge in [-0.3, -0.25) is 4.79 Å². The first-order chi connectivity index (χ1) is 9.65. The highest BCUT2D eigenvalue weighted by molar-refractivity contribution is 5.99. The monoisotopic (exact) mass is 274 g/mol. The summed E-state index contributed by atoms with van der Waals surface area (Å²) in [6, 6.07) is 5.77. The molecule has 110 valence electrons. The van der Waals surface area contributed by atoms with Crippen molar-refractivity contribution in [2.24, 2.45) is 11.8 Å². The lowest BCUT2D eigenvalue weighted by Gasteiger charge is -2.27. The second-order valence-corrected chi connectivity index (χ2v) is 6.05. The molecule has 1 aromatic carbocycles. The lowest BCUT2D eigenvalue weighted by molar-refractivity contribution is 0.0869. The number of hydrogen-bond donors (Lipinski definition) is 0. The lowest BCUT2D eigenvalue weighted by Crippen LogP contribution is -2.22. The summed E-state index contributed by atoms with van der Waals surface area (Å²) < 4.78 is 5.20. The molecule has 0 aromatic heterocycles. The third-order valence-electron chi connectivity index (χ3n) is 4.61. The number of Topliss-reactive ketones (excluding diaryl/α,β-unsaturated/α-hetero) is 1. The number of benzene rings is 1. The minimum absolute atomic E-state index is 0.232. The van der Waals surface area contributed by atoms with Gasteiger partial charge in [0.1, 0.15) is 5.75 Å². The van der Waals surface area contributed by atoms with Gasteiger partial charge in [0.25, 0.3) is 0 Å². The van der Waals surface area contributed by atoms with Gasteiger partial charge in [0, 0.05) is 11.5 Å². The molecule has 0 unspecified atom stereocenters. The molecule has 0 amide bonds. The molecule has 0 saturated heterocycles. The van der Waals surface area contributed by atoms with Crippen LogP contribution in [-0.4, -0.2) is 12.9 Å². The highest BCUT2D eigenvalue weighted by Gasteiger charge is 2.27. The zero-order chi connectivity index (χ0) is 14.5. The fourth-order valence-electron chi connectivity index (χ4n) is 3.38. The van der Waals surface area contributed by atoms with E-state index in [0.717, 1.165) is 35.6 Å². The Morgan fingerprint density at radius 1 is 1.25 bits per heavy atom. The van der Waals surface area contributed by atoms with Crippen LogP contribution in [-0.2, 0) is 0 Å². The van der Waals surface area contributed by atoms with Crippen molar-refractivity contribution in [3.05, 3.63) is 29.3 Å². The quantitative estimate of drug-likeness (QED) is 0.721. The van der Waals surface area contributed by atoms with E-state index in [-0.39, 0.29) is 5.92 Å². The van der Waals surface area contributed by atoms with Gasteiger partial charge in [-0.2, -0.15) is 0 Å². The van der Waals surface area contributed by atoms with E-state index in [1.807, 2.05) is 25.1 Å². The van der Waals surface area contributed by atoms with Crippen molar-refractivity contribution in [1.82, 2.24) is 0 Å². The average Bonchev–Trinajstić information content (AvgIpc) is 2.47. The molecule has 20 heavy (non-hydrogen) atoms. The van der Waals surface area contributed by atoms with Crippen LogP contribution in [0.3, 0.4) is 0 Å². The van der Waals surface area contributed by atoms with E-state index < -0.39 is 0 Å². The van der Waals surface area contributed by atoms with Crippen LogP contribution in [0, 0.1) is 18.8 Å². The molecule has 1 saturated carbocycles. The van der Waals surface area contributed by atoms with Gasteiger partial charge < -0.3 is 4.74 Å². The van der Waals surface area contributed by atoms with Gasteiger partial charge in [-0.15, -0.1) is 0 Å². The molecule has 1 aliphatic rings. The molecule has 0 spiro atoms. The Morgan fingerprint density at radius 2 is 1.95 bits per heavy atom. The molecule has 2 nitrogen and oxygen atoms in total. The van der Waals surface area contributed by atoms with Crippen molar-refractivity contribution in [2.75, 3.05) is 7.11 Å². The van der Waals surface area contributed by atoms with Crippen LogP contribution in [0.1, 0.15) is 61.4 Å². The standard InChI is InChI=1S/C18H26O2/c1-4-5-14-6-8-15(9-7-14)18(19)17-11-10-16(20-3)12-13(17)2/h10-12,14-15H,4-9H2,1-3H3. The topological polar surface area (TPSA) is 26.3 Å². The molecule has 1 aromatic rings. The summed E-state index contributed by atoms with van der Waals surface area (Å²) in [6.07, 6.45) is 7.16. The molecule has 0 heterocycles. The molecule has 0 N–H and O–H groups in total. The number of carbonyl (C=O) groups is 1. The average molecular weight is 274 g/mol. The van der Waals surface area contributed by atoms with Crippen LogP contribution >= 0.6 is 0 Å². The second-order valence-electron chi connectivity index (χ2n) is 6.05. The van der Waals surface area contributed by atoms with Crippen molar-refractivity contribution in [1.29, 1.82) is 0 Å². The van der Waals surface area contributed by atoms with Gasteiger partial charge in [0.05, 0.1) is 7.11 Å². The van der Waals surface area contributed by atoms with E-state index in [2.05, 4.69) is 6.92 Å². The largest absolute Gasteiger partial charge is 0.497 e. The molecule has 2 heteroatoms. The zero-order valence-corrected chi connectivity index (χ0v) is 12.9. The van der Waals surface area contributed by atoms with Gasteiger partial charge in [-0.25, -0.2) is 0 Å². The van der Waals surface area contributed by atoms with E-state index >= 15 is 0 Å². The molecule has 0 radical (unpaired) electrons. The minimum atomic E-state index is 0.232. The molecule has 0 atom stereocenters. The van der Waals surface area contributed by atoms with E-state index in [9.17, 15) is 4.79 Å².